The van der Waals surface area contributed by atoms with Crippen molar-refractivity contribution >= 4 is 28.5 Å². The third-order valence-corrected chi connectivity index (χ3v) is 3.94. The maximum Gasteiger partial charge on any atom is 0.310 e. The monoisotopic (exact) mass is 325 g/mol. The minimum atomic E-state index is -0.280. The average Bonchev–Trinajstić information content (AvgIpc) is 2.55. The summed E-state index contributed by atoms with van der Waals surface area (Å²) in [4.78, 5) is 16.3. The molecule has 3 nitrogen and oxygen atoms in total. The van der Waals surface area contributed by atoms with E-state index < -0.39 is 0 Å². The van der Waals surface area contributed by atoms with E-state index in [1.807, 2.05) is 61.5 Å². The molecular weight excluding hydrogens is 310 g/mol. The maximum atomic E-state index is 12.0. The quantitative estimate of drug-likeness (QED) is 0.524. The number of hydrogen-bond acceptors (Lipinski definition) is 3. The van der Waals surface area contributed by atoms with E-state index in [2.05, 4.69) is 4.98 Å². The number of pyridine rings is 1. The van der Waals surface area contributed by atoms with Gasteiger partial charge in [-0.25, -0.2) is 4.98 Å². The van der Waals surface area contributed by atoms with E-state index in [1.54, 1.807) is 0 Å². The van der Waals surface area contributed by atoms with Gasteiger partial charge in [-0.2, -0.15) is 0 Å². The molecule has 1 heterocycles. The summed E-state index contributed by atoms with van der Waals surface area (Å²) < 4.78 is 5.33. The van der Waals surface area contributed by atoms with Crippen molar-refractivity contribution < 1.29 is 9.53 Å². The third kappa shape index (κ3) is 3.88. The van der Waals surface area contributed by atoms with E-state index in [9.17, 15) is 4.79 Å². The number of nitrogens with zero attached hydrogens (tertiary/aromatic N) is 1. The molecule has 0 aliphatic heterocycles. The van der Waals surface area contributed by atoms with Crippen molar-refractivity contribution in [3.63, 3.8) is 0 Å². The van der Waals surface area contributed by atoms with Gasteiger partial charge in [0.2, 0.25) is 0 Å². The Morgan fingerprint density at radius 1 is 1.13 bits per heavy atom. The molecule has 116 valence electrons. The van der Waals surface area contributed by atoms with E-state index in [0.717, 1.165) is 22.0 Å². The van der Waals surface area contributed by atoms with Crippen LogP contribution in [-0.2, 0) is 22.6 Å². The van der Waals surface area contributed by atoms with Crippen molar-refractivity contribution in [3.05, 3.63) is 76.4 Å². The SMILES string of the molecule is Cc1ccc(CC(=O)OCc2cc3ccccc3nc2Cl)cc1. The molecule has 1 aromatic heterocycles. The summed E-state index contributed by atoms with van der Waals surface area (Å²) in [5.74, 6) is -0.280. The van der Waals surface area contributed by atoms with Gasteiger partial charge < -0.3 is 4.74 Å². The zero-order valence-corrected chi connectivity index (χ0v) is 13.5. The molecule has 0 N–H and O–H groups in total. The molecule has 0 aliphatic carbocycles. The van der Waals surface area contributed by atoms with Crippen molar-refractivity contribution in [2.24, 2.45) is 0 Å². The van der Waals surface area contributed by atoms with Gasteiger partial charge >= 0.3 is 5.97 Å². The Bertz CT molecular complexity index is 844. The molecule has 3 aromatic rings. The average molecular weight is 326 g/mol. The number of benzene rings is 2. The van der Waals surface area contributed by atoms with Crippen LogP contribution >= 0.6 is 11.6 Å². The van der Waals surface area contributed by atoms with Crippen LogP contribution in [0.5, 0.6) is 0 Å². The molecule has 0 spiro atoms. The van der Waals surface area contributed by atoms with Gasteiger partial charge in [0.25, 0.3) is 0 Å². The van der Waals surface area contributed by atoms with E-state index in [1.165, 1.54) is 0 Å². The summed E-state index contributed by atoms with van der Waals surface area (Å²) in [5.41, 5.74) is 3.63. The standard InChI is InChI=1S/C19H16ClNO2/c1-13-6-8-14(9-7-13)10-18(22)23-12-16-11-15-4-2-3-5-17(15)21-19(16)20/h2-9,11H,10,12H2,1H3. The van der Waals surface area contributed by atoms with Gasteiger partial charge in [-0.3, -0.25) is 4.79 Å². The zero-order chi connectivity index (χ0) is 16.2. The fraction of sp³-hybridized carbons (Fsp3) is 0.158. The molecule has 0 bridgehead atoms. The minimum Gasteiger partial charge on any atom is -0.460 e. The Labute approximate surface area is 139 Å². The molecule has 0 amide bonds. The molecular formula is C19H16ClNO2. The Hall–Kier alpha value is -2.39. The van der Waals surface area contributed by atoms with Crippen molar-refractivity contribution in [1.82, 2.24) is 4.98 Å². The molecule has 0 atom stereocenters. The smallest absolute Gasteiger partial charge is 0.310 e. The fourth-order valence-corrected chi connectivity index (χ4v) is 2.52. The summed E-state index contributed by atoms with van der Waals surface area (Å²) in [5, 5.41) is 1.34. The molecule has 23 heavy (non-hydrogen) atoms. The number of aromatic nitrogens is 1. The van der Waals surface area contributed by atoms with E-state index >= 15 is 0 Å². The molecule has 3 rings (SSSR count). The first kappa shape index (κ1) is 15.5. The van der Waals surface area contributed by atoms with Gasteiger partial charge in [-0.15, -0.1) is 0 Å². The molecule has 4 heteroatoms. The predicted octanol–water partition coefficient (Wildman–Crippen LogP) is 4.48. The number of halogens is 1. The van der Waals surface area contributed by atoms with E-state index in [-0.39, 0.29) is 19.0 Å². The second-order valence-electron chi connectivity index (χ2n) is 5.45. The summed E-state index contributed by atoms with van der Waals surface area (Å²) in [6.07, 6.45) is 0.249. The van der Waals surface area contributed by atoms with Gasteiger partial charge in [0.1, 0.15) is 11.8 Å². The Balaban J connectivity index is 1.66. The van der Waals surface area contributed by atoms with Crippen LogP contribution in [0.3, 0.4) is 0 Å². The highest BCUT2D eigenvalue weighted by molar-refractivity contribution is 6.30. The molecule has 0 unspecified atom stereocenters. The van der Waals surface area contributed by atoms with Crippen molar-refractivity contribution in [3.8, 4) is 0 Å². The lowest BCUT2D eigenvalue weighted by atomic mass is 10.1. The lowest BCUT2D eigenvalue weighted by Crippen LogP contribution is -2.08. The Morgan fingerprint density at radius 2 is 1.87 bits per heavy atom. The van der Waals surface area contributed by atoms with Gasteiger partial charge in [0.15, 0.2) is 0 Å². The third-order valence-electron chi connectivity index (χ3n) is 3.61. The molecule has 0 radical (unpaired) electrons. The number of aryl methyl sites for hydroxylation is 1. The van der Waals surface area contributed by atoms with E-state index in [0.29, 0.717) is 10.7 Å². The van der Waals surface area contributed by atoms with Gasteiger partial charge in [0, 0.05) is 10.9 Å². The number of rotatable bonds is 4. The van der Waals surface area contributed by atoms with Crippen LogP contribution in [0.2, 0.25) is 5.15 Å². The van der Waals surface area contributed by atoms with Crippen LogP contribution in [0, 0.1) is 6.92 Å². The highest BCUT2D eigenvalue weighted by Gasteiger charge is 2.09. The Morgan fingerprint density at radius 3 is 2.65 bits per heavy atom. The summed E-state index contributed by atoms with van der Waals surface area (Å²) in [6, 6.07) is 17.4. The second-order valence-corrected chi connectivity index (χ2v) is 5.81. The topological polar surface area (TPSA) is 39.2 Å². The molecule has 0 aliphatic rings. The Kier molecular flexibility index (Phi) is 4.58. The predicted molar refractivity (Wildman–Crippen MR) is 91.4 cm³/mol. The van der Waals surface area contributed by atoms with Gasteiger partial charge in [0.05, 0.1) is 11.9 Å². The maximum absolute atomic E-state index is 12.0. The number of esters is 1. The number of para-hydroxylation sites is 1. The van der Waals surface area contributed by atoms with Gasteiger partial charge in [-0.1, -0.05) is 59.6 Å². The van der Waals surface area contributed by atoms with Crippen LogP contribution in [-0.4, -0.2) is 11.0 Å². The normalized spacial score (nSPS) is 10.7. The summed E-state index contributed by atoms with van der Waals surface area (Å²) in [7, 11) is 0. The van der Waals surface area contributed by atoms with E-state index in [4.69, 9.17) is 16.3 Å². The number of ether oxygens (including phenoxy) is 1. The number of carbonyl (C=O) groups excluding carboxylic acids is 1. The molecule has 2 aromatic carbocycles. The first-order chi connectivity index (χ1) is 11.1. The van der Waals surface area contributed by atoms with Crippen LogP contribution in [0.15, 0.2) is 54.6 Å². The van der Waals surface area contributed by atoms with Crippen LogP contribution in [0.4, 0.5) is 0 Å². The molecule has 0 saturated heterocycles. The molecule has 0 fully saturated rings. The van der Waals surface area contributed by atoms with Crippen LogP contribution < -0.4 is 0 Å². The largest absolute Gasteiger partial charge is 0.460 e. The van der Waals surface area contributed by atoms with Crippen molar-refractivity contribution in [2.45, 2.75) is 20.0 Å². The number of hydrogen-bond donors (Lipinski definition) is 0. The summed E-state index contributed by atoms with van der Waals surface area (Å²) in [6.45, 7) is 2.14. The second kappa shape index (κ2) is 6.80. The highest BCUT2D eigenvalue weighted by atomic mass is 35.5. The number of carbonyl (C=O) groups is 1. The lowest BCUT2D eigenvalue weighted by molar-refractivity contribution is -0.144. The first-order valence-electron chi connectivity index (χ1n) is 7.37. The minimum absolute atomic E-state index is 0.126. The zero-order valence-electron chi connectivity index (χ0n) is 12.8. The first-order valence-corrected chi connectivity index (χ1v) is 7.75. The van der Waals surface area contributed by atoms with Crippen molar-refractivity contribution in [2.75, 3.05) is 0 Å². The number of fused-ring (bicyclic) bond motifs is 1. The fourth-order valence-electron chi connectivity index (χ4n) is 2.32. The van der Waals surface area contributed by atoms with Gasteiger partial charge in [-0.05, 0) is 24.6 Å². The van der Waals surface area contributed by atoms with Crippen molar-refractivity contribution in [1.29, 1.82) is 0 Å². The summed E-state index contributed by atoms with van der Waals surface area (Å²) >= 11 is 6.16. The lowest BCUT2D eigenvalue weighted by Gasteiger charge is -2.08. The van der Waals surface area contributed by atoms with Crippen LogP contribution in [0.25, 0.3) is 10.9 Å². The highest BCUT2D eigenvalue weighted by Crippen LogP contribution is 2.21. The molecule has 0 saturated carbocycles. The van der Waals surface area contributed by atoms with Crippen LogP contribution in [0.1, 0.15) is 16.7 Å².